The summed E-state index contributed by atoms with van der Waals surface area (Å²) in [6, 6.07) is 3.28. The summed E-state index contributed by atoms with van der Waals surface area (Å²) in [6.07, 6.45) is 0. The van der Waals surface area contributed by atoms with E-state index in [4.69, 9.17) is 34.8 Å². The van der Waals surface area contributed by atoms with Crippen LogP contribution in [0.5, 0.6) is 0 Å². The summed E-state index contributed by atoms with van der Waals surface area (Å²) in [6.45, 7) is 0.722. The van der Waals surface area contributed by atoms with Gasteiger partial charge in [0.15, 0.2) is 5.13 Å². The van der Waals surface area contributed by atoms with E-state index in [1.54, 1.807) is 12.1 Å². The summed E-state index contributed by atoms with van der Waals surface area (Å²) in [5.74, 6) is 0. The highest BCUT2D eigenvalue weighted by Crippen LogP contribution is 2.36. The SMILES string of the molecule is CNCc1csc(Nc2c(Cl)cc(Cl)cc2Cl)n1. The molecule has 2 aromatic rings. The molecule has 7 heteroatoms. The molecule has 0 aliphatic rings. The van der Waals surface area contributed by atoms with Gasteiger partial charge in [-0.05, 0) is 19.2 Å². The van der Waals surface area contributed by atoms with Crippen molar-refractivity contribution in [3.05, 3.63) is 38.3 Å². The summed E-state index contributed by atoms with van der Waals surface area (Å²) < 4.78 is 0. The molecule has 2 rings (SSSR count). The van der Waals surface area contributed by atoms with Crippen LogP contribution in [0.3, 0.4) is 0 Å². The van der Waals surface area contributed by atoms with Crippen molar-refractivity contribution in [3.63, 3.8) is 0 Å². The van der Waals surface area contributed by atoms with Gasteiger partial charge >= 0.3 is 0 Å². The van der Waals surface area contributed by atoms with E-state index >= 15 is 0 Å². The van der Waals surface area contributed by atoms with Gasteiger partial charge in [-0.3, -0.25) is 0 Å². The second-order valence-electron chi connectivity index (χ2n) is 3.54. The molecule has 0 radical (unpaired) electrons. The fourth-order valence-corrected chi connectivity index (χ4v) is 3.02. The molecule has 0 bridgehead atoms. The molecular weight excluding hydrogens is 313 g/mol. The normalized spacial score (nSPS) is 10.7. The van der Waals surface area contributed by atoms with Crippen molar-refractivity contribution in [2.75, 3.05) is 12.4 Å². The summed E-state index contributed by atoms with van der Waals surface area (Å²) in [5, 5.41) is 10.3. The van der Waals surface area contributed by atoms with Crippen molar-refractivity contribution in [2.24, 2.45) is 0 Å². The zero-order chi connectivity index (χ0) is 13.1. The van der Waals surface area contributed by atoms with Crippen LogP contribution in [0.4, 0.5) is 10.8 Å². The summed E-state index contributed by atoms with van der Waals surface area (Å²) >= 11 is 19.5. The van der Waals surface area contributed by atoms with E-state index in [-0.39, 0.29) is 0 Å². The van der Waals surface area contributed by atoms with Gasteiger partial charge in [0.05, 0.1) is 21.4 Å². The molecule has 0 amide bonds. The van der Waals surface area contributed by atoms with E-state index in [2.05, 4.69) is 15.6 Å². The molecule has 18 heavy (non-hydrogen) atoms. The lowest BCUT2D eigenvalue weighted by Gasteiger charge is -2.08. The molecule has 0 saturated heterocycles. The van der Waals surface area contributed by atoms with Gasteiger partial charge in [0.25, 0.3) is 0 Å². The first kappa shape index (κ1) is 13.9. The third-order valence-electron chi connectivity index (χ3n) is 2.15. The van der Waals surface area contributed by atoms with Gasteiger partial charge in [-0.15, -0.1) is 11.3 Å². The molecule has 0 fully saturated rings. The van der Waals surface area contributed by atoms with Gasteiger partial charge in [0, 0.05) is 16.9 Å². The number of halogens is 3. The second kappa shape index (κ2) is 6.08. The van der Waals surface area contributed by atoms with Crippen LogP contribution in [0.15, 0.2) is 17.5 Å². The molecule has 1 aromatic carbocycles. The molecule has 2 N–H and O–H groups in total. The third-order valence-corrected chi connectivity index (χ3v) is 3.77. The standard InChI is InChI=1S/C11H10Cl3N3S/c1-15-4-7-5-18-11(16-7)17-10-8(13)2-6(12)3-9(10)14/h2-3,5,15H,4H2,1H3,(H,16,17). The van der Waals surface area contributed by atoms with Gasteiger partial charge in [-0.2, -0.15) is 0 Å². The smallest absolute Gasteiger partial charge is 0.187 e. The van der Waals surface area contributed by atoms with Crippen molar-refractivity contribution in [1.82, 2.24) is 10.3 Å². The number of hydrogen-bond acceptors (Lipinski definition) is 4. The Morgan fingerprint density at radius 3 is 2.50 bits per heavy atom. The first-order valence-electron chi connectivity index (χ1n) is 5.10. The Balaban J connectivity index is 2.22. The molecule has 3 nitrogen and oxygen atoms in total. The highest BCUT2D eigenvalue weighted by atomic mass is 35.5. The lowest BCUT2D eigenvalue weighted by atomic mass is 10.3. The van der Waals surface area contributed by atoms with E-state index in [0.29, 0.717) is 20.8 Å². The van der Waals surface area contributed by atoms with Crippen LogP contribution >= 0.6 is 46.1 Å². The molecule has 96 valence electrons. The number of rotatable bonds is 4. The largest absolute Gasteiger partial charge is 0.329 e. The number of nitrogens with zero attached hydrogens (tertiary/aromatic N) is 1. The Morgan fingerprint density at radius 2 is 1.89 bits per heavy atom. The Morgan fingerprint density at radius 1 is 1.22 bits per heavy atom. The highest BCUT2D eigenvalue weighted by molar-refractivity contribution is 7.13. The summed E-state index contributed by atoms with van der Waals surface area (Å²) in [4.78, 5) is 4.39. The molecule has 0 saturated carbocycles. The first-order valence-corrected chi connectivity index (χ1v) is 7.12. The number of nitrogens with one attached hydrogen (secondary N) is 2. The third kappa shape index (κ3) is 3.28. The number of hydrogen-bond donors (Lipinski definition) is 2. The molecule has 0 atom stereocenters. The van der Waals surface area contributed by atoms with Crippen molar-refractivity contribution in [2.45, 2.75) is 6.54 Å². The van der Waals surface area contributed by atoms with Crippen LogP contribution in [0.25, 0.3) is 0 Å². The molecule has 1 heterocycles. The van der Waals surface area contributed by atoms with Crippen LogP contribution < -0.4 is 10.6 Å². The minimum absolute atomic E-state index is 0.470. The van der Waals surface area contributed by atoms with Gasteiger partial charge in [-0.1, -0.05) is 34.8 Å². The van der Waals surface area contributed by atoms with Gasteiger partial charge in [0.2, 0.25) is 0 Å². The lowest BCUT2D eigenvalue weighted by molar-refractivity contribution is 0.798. The quantitative estimate of drug-likeness (QED) is 0.866. The number of thiazole rings is 1. The van der Waals surface area contributed by atoms with Crippen LogP contribution in [0, 0.1) is 0 Å². The first-order chi connectivity index (χ1) is 8.60. The van der Waals surface area contributed by atoms with Gasteiger partial charge in [-0.25, -0.2) is 4.98 Å². The molecule has 0 unspecified atom stereocenters. The van der Waals surface area contributed by atoms with Crippen LogP contribution in [-0.2, 0) is 6.54 Å². The highest BCUT2D eigenvalue weighted by Gasteiger charge is 2.10. The molecule has 1 aromatic heterocycles. The maximum atomic E-state index is 6.09. The zero-order valence-corrected chi connectivity index (χ0v) is 12.5. The second-order valence-corrected chi connectivity index (χ2v) is 5.65. The average Bonchev–Trinajstić information content (AvgIpc) is 2.72. The molecule has 0 aliphatic carbocycles. The topological polar surface area (TPSA) is 37.0 Å². The van der Waals surface area contributed by atoms with Gasteiger partial charge in [0.1, 0.15) is 0 Å². The van der Waals surface area contributed by atoms with E-state index in [0.717, 1.165) is 17.4 Å². The maximum absolute atomic E-state index is 6.09. The van der Waals surface area contributed by atoms with Crippen LogP contribution in [0.1, 0.15) is 5.69 Å². The van der Waals surface area contributed by atoms with Gasteiger partial charge < -0.3 is 10.6 Å². The number of aromatic nitrogens is 1. The minimum Gasteiger partial charge on any atom is -0.329 e. The van der Waals surface area contributed by atoms with Crippen molar-refractivity contribution in [3.8, 4) is 0 Å². The van der Waals surface area contributed by atoms with Crippen molar-refractivity contribution in [1.29, 1.82) is 0 Å². The maximum Gasteiger partial charge on any atom is 0.187 e. The minimum atomic E-state index is 0.470. The predicted molar refractivity (Wildman–Crippen MR) is 79.6 cm³/mol. The summed E-state index contributed by atoms with van der Waals surface area (Å²) in [7, 11) is 1.87. The van der Waals surface area contributed by atoms with E-state index in [1.165, 1.54) is 11.3 Å². The van der Waals surface area contributed by atoms with Crippen molar-refractivity contribution < 1.29 is 0 Å². The van der Waals surface area contributed by atoms with Crippen molar-refractivity contribution >= 4 is 57.0 Å². The van der Waals surface area contributed by atoms with Crippen LogP contribution in [-0.4, -0.2) is 12.0 Å². The number of benzene rings is 1. The van der Waals surface area contributed by atoms with E-state index in [1.807, 2.05) is 12.4 Å². The Bertz CT molecular complexity index is 533. The average molecular weight is 323 g/mol. The fraction of sp³-hybridized carbons (Fsp3) is 0.182. The predicted octanol–water partition coefficient (Wildman–Crippen LogP) is 4.57. The zero-order valence-electron chi connectivity index (χ0n) is 9.43. The lowest BCUT2D eigenvalue weighted by Crippen LogP contribution is -2.05. The Kier molecular flexibility index (Phi) is 4.70. The fourth-order valence-electron chi connectivity index (χ4n) is 1.40. The Hall–Kier alpha value is -0.520. The molecule has 0 spiro atoms. The van der Waals surface area contributed by atoms with Crippen LogP contribution in [0.2, 0.25) is 15.1 Å². The monoisotopic (exact) mass is 321 g/mol. The number of anilines is 2. The Labute approximate surface area is 124 Å². The summed E-state index contributed by atoms with van der Waals surface area (Å²) in [5.41, 5.74) is 1.58. The molecule has 0 aliphatic heterocycles. The van der Waals surface area contributed by atoms with E-state index in [9.17, 15) is 0 Å². The molecular formula is C11H10Cl3N3S. The van der Waals surface area contributed by atoms with E-state index < -0.39 is 0 Å².